The Bertz CT molecular complexity index is 1440. The number of amides is 1. The molecule has 33 heavy (non-hydrogen) atoms. The number of hydrogen-bond acceptors (Lipinski definition) is 6. The van der Waals surface area contributed by atoms with Gasteiger partial charge in [-0.3, -0.25) is 4.79 Å². The molecular weight excluding hydrogens is 418 g/mol. The molecule has 0 unspecified atom stereocenters. The number of nitrogens with one attached hydrogen (secondary N) is 1. The Hall–Kier alpha value is -4.40. The third kappa shape index (κ3) is 3.73. The van der Waals surface area contributed by atoms with Gasteiger partial charge >= 0.3 is 0 Å². The molecule has 0 saturated carbocycles. The van der Waals surface area contributed by atoms with E-state index >= 15 is 0 Å². The molecule has 0 aliphatic carbocycles. The summed E-state index contributed by atoms with van der Waals surface area (Å²) in [6.07, 6.45) is 5.24. The Labute approximate surface area is 189 Å². The standard InChI is InChI=1S/C24H23N7O2/c1-3-15-13-20(31(28-15)18-9-10-21-19(14-18)23(25)29-33-21)24(32)27-16-5-7-17(8-6-16)30-12-11-26-22(30)4-2/h5-14H,3-4H2,1-2H3,(H2,25,29)(H,27,32). The monoisotopic (exact) mass is 441 g/mol. The van der Waals surface area contributed by atoms with Crippen molar-refractivity contribution in [2.45, 2.75) is 26.7 Å². The van der Waals surface area contributed by atoms with E-state index in [0.717, 1.165) is 23.6 Å². The fourth-order valence-electron chi connectivity index (χ4n) is 3.77. The van der Waals surface area contributed by atoms with Crippen LogP contribution in [0.5, 0.6) is 0 Å². The Morgan fingerprint density at radius 3 is 2.61 bits per heavy atom. The van der Waals surface area contributed by atoms with E-state index in [0.29, 0.717) is 40.3 Å². The number of nitrogens with two attached hydrogens (primary N) is 1. The zero-order valence-electron chi connectivity index (χ0n) is 18.3. The van der Waals surface area contributed by atoms with Crippen LogP contribution in [0.2, 0.25) is 0 Å². The Morgan fingerprint density at radius 1 is 1.06 bits per heavy atom. The lowest BCUT2D eigenvalue weighted by molar-refractivity contribution is 0.101. The molecular formula is C24H23N7O2. The van der Waals surface area contributed by atoms with Crippen molar-refractivity contribution >= 4 is 28.4 Å². The fourth-order valence-corrected chi connectivity index (χ4v) is 3.77. The summed E-state index contributed by atoms with van der Waals surface area (Å²) in [4.78, 5) is 17.5. The molecule has 5 aromatic rings. The summed E-state index contributed by atoms with van der Waals surface area (Å²) in [5, 5.41) is 12.0. The highest BCUT2D eigenvalue weighted by atomic mass is 16.5. The number of carbonyl (C=O) groups is 1. The van der Waals surface area contributed by atoms with E-state index in [1.165, 1.54) is 0 Å². The topological polar surface area (TPSA) is 117 Å². The Balaban J connectivity index is 1.44. The predicted octanol–water partition coefficient (Wildman–Crippen LogP) is 4.16. The summed E-state index contributed by atoms with van der Waals surface area (Å²) < 4.78 is 8.83. The molecule has 0 fully saturated rings. The van der Waals surface area contributed by atoms with Crippen molar-refractivity contribution in [1.29, 1.82) is 0 Å². The van der Waals surface area contributed by atoms with E-state index in [-0.39, 0.29) is 5.91 Å². The molecule has 0 radical (unpaired) electrons. The molecule has 3 heterocycles. The molecule has 0 bridgehead atoms. The van der Waals surface area contributed by atoms with Gasteiger partial charge in [0, 0.05) is 30.2 Å². The first kappa shape index (κ1) is 20.5. The van der Waals surface area contributed by atoms with Gasteiger partial charge in [0.1, 0.15) is 11.5 Å². The van der Waals surface area contributed by atoms with Crippen molar-refractivity contribution < 1.29 is 9.32 Å². The van der Waals surface area contributed by atoms with Crippen molar-refractivity contribution in [3.8, 4) is 11.4 Å². The summed E-state index contributed by atoms with van der Waals surface area (Å²) in [5.41, 5.74) is 10.1. The van der Waals surface area contributed by atoms with Gasteiger partial charge in [0.15, 0.2) is 11.4 Å². The molecule has 1 amide bonds. The SMILES string of the molecule is CCc1cc(C(=O)Nc2ccc(-n3ccnc3CC)cc2)n(-c2ccc3onc(N)c3c2)n1. The highest BCUT2D eigenvalue weighted by Gasteiger charge is 2.18. The second kappa shape index (κ2) is 8.27. The smallest absolute Gasteiger partial charge is 0.274 e. The van der Waals surface area contributed by atoms with E-state index in [9.17, 15) is 4.79 Å². The number of anilines is 2. The lowest BCUT2D eigenvalue weighted by Gasteiger charge is -2.10. The van der Waals surface area contributed by atoms with Crippen molar-refractivity contribution in [3.05, 3.63) is 78.1 Å². The van der Waals surface area contributed by atoms with Crippen LogP contribution in [0.15, 0.2) is 65.4 Å². The van der Waals surface area contributed by atoms with Crippen LogP contribution >= 0.6 is 0 Å². The van der Waals surface area contributed by atoms with E-state index in [2.05, 4.69) is 27.5 Å². The first-order chi connectivity index (χ1) is 16.1. The van der Waals surface area contributed by atoms with Crippen molar-refractivity contribution in [3.63, 3.8) is 0 Å². The lowest BCUT2D eigenvalue weighted by Crippen LogP contribution is -2.17. The van der Waals surface area contributed by atoms with E-state index in [4.69, 9.17) is 10.3 Å². The molecule has 0 spiro atoms. The lowest BCUT2D eigenvalue weighted by atomic mass is 10.2. The molecule has 9 heteroatoms. The van der Waals surface area contributed by atoms with Gasteiger partial charge in [0.25, 0.3) is 5.91 Å². The number of hydrogen-bond donors (Lipinski definition) is 2. The van der Waals surface area contributed by atoms with Crippen molar-refractivity contribution in [2.75, 3.05) is 11.1 Å². The van der Waals surface area contributed by atoms with Gasteiger partial charge in [-0.25, -0.2) is 9.67 Å². The number of carbonyl (C=O) groups excluding carboxylic acids is 1. The third-order valence-corrected chi connectivity index (χ3v) is 5.52. The number of fused-ring (bicyclic) bond motifs is 1. The number of aryl methyl sites for hydroxylation is 2. The summed E-state index contributed by atoms with van der Waals surface area (Å²) in [5.74, 6) is 1.02. The van der Waals surface area contributed by atoms with Crippen molar-refractivity contribution in [2.24, 2.45) is 0 Å². The number of nitrogens with zero attached hydrogens (tertiary/aromatic N) is 5. The van der Waals surface area contributed by atoms with Gasteiger partial charge in [-0.15, -0.1) is 0 Å². The van der Waals surface area contributed by atoms with Gasteiger partial charge in [0.05, 0.1) is 16.8 Å². The minimum Gasteiger partial charge on any atom is -0.380 e. The normalized spacial score (nSPS) is 11.2. The molecule has 3 aromatic heterocycles. The average Bonchev–Trinajstić information content (AvgIpc) is 3.57. The van der Waals surface area contributed by atoms with Gasteiger partial charge in [-0.2, -0.15) is 5.10 Å². The van der Waals surface area contributed by atoms with Crippen LogP contribution in [0.3, 0.4) is 0 Å². The van der Waals surface area contributed by atoms with Crippen LogP contribution < -0.4 is 11.1 Å². The summed E-state index contributed by atoms with van der Waals surface area (Å²) in [6.45, 7) is 4.06. The molecule has 0 atom stereocenters. The van der Waals surface area contributed by atoms with Crippen LogP contribution in [0.4, 0.5) is 11.5 Å². The number of imidazole rings is 1. The predicted molar refractivity (Wildman–Crippen MR) is 126 cm³/mol. The summed E-state index contributed by atoms with van der Waals surface area (Å²) >= 11 is 0. The molecule has 166 valence electrons. The van der Waals surface area contributed by atoms with Crippen LogP contribution in [0.25, 0.3) is 22.3 Å². The molecule has 9 nitrogen and oxygen atoms in total. The molecule has 3 N–H and O–H groups in total. The first-order valence-corrected chi connectivity index (χ1v) is 10.8. The maximum atomic E-state index is 13.2. The quantitative estimate of drug-likeness (QED) is 0.409. The highest BCUT2D eigenvalue weighted by Crippen LogP contribution is 2.25. The molecule has 0 aliphatic heterocycles. The molecule has 0 aliphatic rings. The molecule has 5 rings (SSSR count). The zero-order chi connectivity index (χ0) is 22.9. The van der Waals surface area contributed by atoms with Gasteiger partial charge in [-0.05, 0) is 55.0 Å². The zero-order valence-corrected chi connectivity index (χ0v) is 18.3. The van der Waals surface area contributed by atoms with E-state index < -0.39 is 0 Å². The van der Waals surface area contributed by atoms with Crippen LogP contribution in [0, 0.1) is 0 Å². The summed E-state index contributed by atoms with van der Waals surface area (Å²) in [7, 11) is 0. The van der Waals surface area contributed by atoms with Crippen LogP contribution in [-0.2, 0) is 12.8 Å². The number of benzene rings is 2. The third-order valence-electron chi connectivity index (χ3n) is 5.52. The van der Waals surface area contributed by atoms with Crippen LogP contribution in [0.1, 0.15) is 35.9 Å². The number of nitrogen functional groups attached to an aromatic ring is 1. The minimum absolute atomic E-state index is 0.259. The Kier molecular flexibility index (Phi) is 5.14. The van der Waals surface area contributed by atoms with E-state index in [1.807, 2.05) is 54.1 Å². The fraction of sp³-hybridized carbons (Fsp3) is 0.167. The van der Waals surface area contributed by atoms with Gasteiger partial charge in [0.2, 0.25) is 0 Å². The van der Waals surface area contributed by atoms with E-state index in [1.54, 1.807) is 23.0 Å². The number of rotatable bonds is 6. The average molecular weight is 441 g/mol. The van der Waals surface area contributed by atoms with Gasteiger partial charge < -0.3 is 20.1 Å². The second-order valence-corrected chi connectivity index (χ2v) is 7.60. The largest absolute Gasteiger partial charge is 0.380 e. The minimum atomic E-state index is -0.259. The first-order valence-electron chi connectivity index (χ1n) is 10.8. The number of aromatic nitrogens is 5. The highest BCUT2D eigenvalue weighted by molar-refractivity contribution is 6.03. The Morgan fingerprint density at radius 2 is 1.85 bits per heavy atom. The van der Waals surface area contributed by atoms with Crippen molar-refractivity contribution in [1.82, 2.24) is 24.5 Å². The van der Waals surface area contributed by atoms with Gasteiger partial charge in [-0.1, -0.05) is 19.0 Å². The molecule has 0 saturated heterocycles. The maximum absolute atomic E-state index is 13.2. The molecule has 2 aromatic carbocycles. The second-order valence-electron chi connectivity index (χ2n) is 7.60. The summed E-state index contributed by atoms with van der Waals surface area (Å²) in [6, 6.07) is 14.8. The maximum Gasteiger partial charge on any atom is 0.274 e. The van der Waals surface area contributed by atoms with Crippen LogP contribution in [-0.4, -0.2) is 30.4 Å².